The Morgan fingerprint density at radius 2 is 1.79 bits per heavy atom. The Kier molecular flexibility index (Phi) is 8.73. The summed E-state index contributed by atoms with van der Waals surface area (Å²) in [5.74, 6) is -1.37. The van der Waals surface area contributed by atoms with E-state index in [9.17, 15) is 14.0 Å². The quantitative estimate of drug-likeness (QED) is 0.544. The van der Waals surface area contributed by atoms with Gasteiger partial charge in [0, 0.05) is 30.2 Å². The standard InChI is InChI=1S/C23H26ClFN2O6/c1-3-31-20-13-19(27-7-9-30-10-8-27)21(32-4-2)12-18(20)26-22(28)14-33-23(29)16-11-15(24)5-6-17(16)25/h5-6,11-13H,3-4,7-10,14H2,1-2H3,(H,26,28). The van der Waals surface area contributed by atoms with Crippen LogP contribution in [0.5, 0.6) is 11.5 Å². The average Bonchev–Trinajstić information content (AvgIpc) is 2.81. The predicted molar refractivity (Wildman–Crippen MR) is 122 cm³/mol. The van der Waals surface area contributed by atoms with E-state index in [-0.39, 0.29) is 10.6 Å². The molecule has 1 saturated heterocycles. The van der Waals surface area contributed by atoms with Crippen LogP contribution in [0.1, 0.15) is 24.2 Å². The van der Waals surface area contributed by atoms with Gasteiger partial charge < -0.3 is 29.2 Å². The largest absolute Gasteiger partial charge is 0.492 e. The maximum Gasteiger partial charge on any atom is 0.341 e. The van der Waals surface area contributed by atoms with Gasteiger partial charge in [0.05, 0.1) is 43.4 Å². The number of rotatable bonds is 9. The molecule has 1 heterocycles. The minimum Gasteiger partial charge on any atom is -0.492 e. The summed E-state index contributed by atoms with van der Waals surface area (Å²) in [6.07, 6.45) is 0. The lowest BCUT2D eigenvalue weighted by Gasteiger charge is -2.31. The van der Waals surface area contributed by atoms with Crippen LogP contribution in [-0.4, -0.2) is 58.0 Å². The molecule has 0 unspecified atom stereocenters. The van der Waals surface area contributed by atoms with Crippen molar-refractivity contribution in [2.75, 3.05) is 56.3 Å². The summed E-state index contributed by atoms with van der Waals surface area (Å²) in [5.41, 5.74) is 0.857. The van der Waals surface area contributed by atoms with Crippen molar-refractivity contribution in [3.8, 4) is 11.5 Å². The molecule has 1 fully saturated rings. The second kappa shape index (κ2) is 11.7. The van der Waals surface area contributed by atoms with Gasteiger partial charge in [-0.25, -0.2) is 9.18 Å². The van der Waals surface area contributed by atoms with Gasteiger partial charge in [-0.3, -0.25) is 4.79 Å². The Morgan fingerprint density at radius 3 is 2.48 bits per heavy atom. The third kappa shape index (κ3) is 6.49. The topological polar surface area (TPSA) is 86.3 Å². The fourth-order valence-corrected chi connectivity index (χ4v) is 3.47. The van der Waals surface area contributed by atoms with E-state index in [1.54, 1.807) is 6.07 Å². The number of amides is 1. The molecule has 1 aliphatic heterocycles. The zero-order valence-corrected chi connectivity index (χ0v) is 19.2. The number of carbonyl (C=O) groups is 2. The van der Waals surface area contributed by atoms with Crippen LogP contribution in [0, 0.1) is 5.82 Å². The Balaban J connectivity index is 1.75. The maximum atomic E-state index is 13.8. The minimum absolute atomic E-state index is 0.179. The summed E-state index contributed by atoms with van der Waals surface area (Å²) < 4.78 is 35.7. The van der Waals surface area contributed by atoms with Gasteiger partial charge in [0.15, 0.2) is 6.61 Å². The number of morpholine rings is 1. The van der Waals surface area contributed by atoms with Crippen molar-refractivity contribution >= 4 is 34.9 Å². The van der Waals surface area contributed by atoms with Crippen LogP contribution < -0.4 is 19.7 Å². The molecule has 3 rings (SSSR count). The number of halogens is 2. The molecular weight excluding hydrogens is 455 g/mol. The zero-order chi connectivity index (χ0) is 23.8. The van der Waals surface area contributed by atoms with Crippen LogP contribution >= 0.6 is 11.6 Å². The fraction of sp³-hybridized carbons (Fsp3) is 0.391. The lowest BCUT2D eigenvalue weighted by Crippen LogP contribution is -2.36. The summed E-state index contributed by atoms with van der Waals surface area (Å²) in [7, 11) is 0. The number of nitrogens with zero attached hydrogens (tertiary/aromatic N) is 1. The van der Waals surface area contributed by atoms with Crippen molar-refractivity contribution in [3.05, 3.63) is 46.7 Å². The van der Waals surface area contributed by atoms with Crippen LogP contribution in [0.15, 0.2) is 30.3 Å². The van der Waals surface area contributed by atoms with E-state index >= 15 is 0 Å². The van der Waals surface area contributed by atoms with E-state index in [0.29, 0.717) is 56.7 Å². The predicted octanol–water partition coefficient (Wildman–Crippen LogP) is 3.91. The summed E-state index contributed by atoms with van der Waals surface area (Å²) in [4.78, 5) is 26.8. The van der Waals surface area contributed by atoms with Gasteiger partial charge >= 0.3 is 5.97 Å². The molecule has 8 nitrogen and oxygen atoms in total. The van der Waals surface area contributed by atoms with E-state index in [2.05, 4.69) is 10.2 Å². The number of hydrogen-bond donors (Lipinski definition) is 1. The number of anilines is 2. The van der Waals surface area contributed by atoms with Gasteiger partial charge in [-0.15, -0.1) is 0 Å². The highest BCUT2D eigenvalue weighted by atomic mass is 35.5. The first-order valence-corrected chi connectivity index (χ1v) is 11.0. The highest BCUT2D eigenvalue weighted by molar-refractivity contribution is 6.30. The molecule has 33 heavy (non-hydrogen) atoms. The lowest BCUT2D eigenvalue weighted by atomic mass is 10.2. The maximum absolute atomic E-state index is 13.8. The fourth-order valence-electron chi connectivity index (χ4n) is 3.29. The number of esters is 1. The smallest absolute Gasteiger partial charge is 0.341 e. The Bertz CT molecular complexity index is 997. The van der Waals surface area contributed by atoms with Gasteiger partial charge in [0.2, 0.25) is 0 Å². The third-order valence-electron chi connectivity index (χ3n) is 4.77. The number of ether oxygens (including phenoxy) is 4. The average molecular weight is 481 g/mol. The number of nitrogens with one attached hydrogen (secondary N) is 1. The monoisotopic (exact) mass is 480 g/mol. The molecule has 0 aliphatic carbocycles. The van der Waals surface area contributed by atoms with Crippen molar-refractivity contribution in [1.29, 1.82) is 0 Å². The van der Waals surface area contributed by atoms with Crippen molar-refractivity contribution in [3.63, 3.8) is 0 Å². The summed E-state index contributed by atoms with van der Waals surface area (Å²) in [6.45, 7) is 6.50. The Hall–Kier alpha value is -3.04. The lowest BCUT2D eigenvalue weighted by molar-refractivity contribution is -0.119. The molecule has 0 bridgehead atoms. The van der Waals surface area contributed by atoms with E-state index in [1.165, 1.54) is 6.07 Å². The molecule has 1 N–H and O–H groups in total. The number of benzene rings is 2. The van der Waals surface area contributed by atoms with Gasteiger partial charge in [-0.05, 0) is 32.0 Å². The molecular formula is C23H26ClFN2O6. The number of hydrogen-bond acceptors (Lipinski definition) is 7. The molecule has 0 saturated carbocycles. The summed E-state index contributed by atoms with van der Waals surface area (Å²) in [5, 5.41) is 2.85. The van der Waals surface area contributed by atoms with E-state index in [0.717, 1.165) is 17.8 Å². The first kappa shape index (κ1) is 24.6. The Labute approximate surface area is 196 Å². The van der Waals surface area contributed by atoms with E-state index in [4.69, 9.17) is 30.5 Å². The van der Waals surface area contributed by atoms with Crippen molar-refractivity contribution < 1.29 is 32.9 Å². The summed E-state index contributed by atoms with van der Waals surface area (Å²) >= 11 is 5.80. The van der Waals surface area contributed by atoms with Crippen LogP contribution in [-0.2, 0) is 14.3 Å². The van der Waals surface area contributed by atoms with E-state index in [1.807, 2.05) is 19.9 Å². The van der Waals surface area contributed by atoms with Crippen LogP contribution in [0.4, 0.5) is 15.8 Å². The van der Waals surface area contributed by atoms with Crippen LogP contribution in [0.2, 0.25) is 5.02 Å². The van der Waals surface area contributed by atoms with Gasteiger partial charge in [0.1, 0.15) is 17.3 Å². The molecule has 1 aliphatic rings. The molecule has 0 spiro atoms. The Morgan fingerprint density at radius 1 is 1.09 bits per heavy atom. The minimum atomic E-state index is -0.993. The molecule has 1 amide bonds. The second-order valence-corrected chi connectivity index (χ2v) is 7.47. The molecule has 0 atom stereocenters. The zero-order valence-electron chi connectivity index (χ0n) is 18.5. The molecule has 2 aromatic carbocycles. The SMILES string of the molecule is CCOc1cc(N2CCOCC2)c(OCC)cc1NC(=O)COC(=O)c1cc(Cl)ccc1F. The van der Waals surface area contributed by atoms with Gasteiger partial charge in [-0.1, -0.05) is 11.6 Å². The first-order chi connectivity index (χ1) is 15.9. The normalized spacial score (nSPS) is 13.4. The second-order valence-electron chi connectivity index (χ2n) is 7.03. The van der Waals surface area contributed by atoms with E-state index < -0.39 is 24.3 Å². The highest BCUT2D eigenvalue weighted by Gasteiger charge is 2.21. The van der Waals surface area contributed by atoms with Crippen LogP contribution in [0.3, 0.4) is 0 Å². The van der Waals surface area contributed by atoms with Crippen molar-refractivity contribution in [2.45, 2.75) is 13.8 Å². The molecule has 10 heteroatoms. The molecule has 178 valence electrons. The summed E-state index contributed by atoms with van der Waals surface area (Å²) in [6, 6.07) is 6.99. The van der Waals surface area contributed by atoms with Crippen molar-refractivity contribution in [2.24, 2.45) is 0 Å². The van der Waals surface area contributed by atoms with Crippen LogP contribution in [0.25, 0.3) is 0 Å². The number of carbonyl (C=O) groups excluding carboxylic acids is 2. The van der Waals surface area contributed by atoms with Gasteiger partial charge in [0.25, 0.3) is 5.91 Å². The molecule has 0 aromatic heterocycles. The van der Waals surface area contributed by atoms with Gasteiger partial charge in [-0.2, -0.15) is 0 Å². The third-order valence-corrected chi connectivity index (χ3v) is 5.00. The van der Waals surface area contributed by atoms with Crippen molar-refractivity contribution in [1.82, 2.24) is 0 Å². The molecule has 0 radical (unpaired) electrons. The first-order valence-electron chi connectivity index (χ1n) is 10.6. The molecule has 2 aromatic rings. The highest BCUT2D eigenvalue weighted by Crippen LogP contribution is 2.39.